The van der Waals surface area contributed by atoms with Crippen molar-refractivity contribution in [1.82, 2.24) is 15.3 Å². The highest BCUT2D eigenvalue weighted by Crippen LogP contribution is 2.41. The number of aromatic nitrogens is 2. The van der Waals surface area contributed by atoms with E-state index in [2.05, 4.69) is 10.3 Å². The predicted octanol–water partition coefficient (Wildman–Crippen LogP) is 3.88. The highest BCUT2D eigenvalue weighted by atomic mass is 19.1. The zero-order valence-corrected chi connectivity index (χ0v) is 23.7. The van der Waals surface area contributed by atoms with Crippen LogP contribution in [-0.4, -0.2) is 67.6 Å². The van der Waals surface area contributed by atoms with Gasteiger partial charge in [0.2, 0.25) is 0 Å². The van der Waals surface area contributed by atoms with Gasteiger partial charge in [-0.25, -0.2) is 9.37 Å². The Hall–Kier alpha value is -3.99. The van der Waals surface area contributed by atoms with Crippen LogP contribution in [0.4, 0.5) is 4.39 Å². The lowest BCUT2D eigenvalue weighted by Crippen LogP contribution is -2.27. The molecule has 0 fully saturated rings. The average molecular weight is 578 g/mol. The quantitative estimate of drug-likeness (QED) is 0.230. The van der Waals surface area contributed by atoms with Gasteiger partial charge in [0.15, 0.2) is 0 Å². The van der Waals surface area contributed by atoms with E-state index in [1.807, 2.05) is 19.9 Å². The number of aryl methyl sites for hydroxylation is 1. The minimum Gasteiger partial charge on any atom is -0.481 e. The number of aliphatic carboxylic acids is 1. The number of pyridine rings is 2. The Bertz CT molecular complexity index is 1470. The molecule has 9 nitrogen and oxygen atoms in total. The molecule has 0 saturated carbocycles. The van der Waals surface area contributed by atoms with Crippen molar-refractivity contribution < 1.29 is 34.4 Å². The van der Waals surface area contributed by atoms with E-state index in [-0.39, 0.29) is 42.9 Å². The maximum atomic E-state index is 14.0. The number of benzene rings is 1. The molecule has 42 heavy (non-hydrogen) atoms. The van der Waals surface area contributed by atoms with Crippen LogP contribution in [-0.2, 0) is 17.6 Å². The predicted molar refractivity (Wildman–Crippen MR) is 156 cm³/mol. The second-order valence-corrected chi connectivity index (χ2v) is 10.7. The Morgan fingerprint density at radius 2 is 1.81 bits per heavy atom. The standard InChI is InChI=1S/C32H36FN3O6/c1-18(2)30-25(11-10-21(38)16-22(39)17-28(40)41)29(19-6-8-20(33)9-7-19)24-4-3-5-26-23(31(24)36-30)12-13-27(35-26)32(42)34-14-15-37/h6-13,18,21-22,37-39H,3-5,14-17H2,1-2H3,(H,34,42)(H,40,41)/t21-,22-/m1/s1. The second-order valence-electron chi connectivity index (χ2n) is 10.7. The summed E-state index contributed by atoms with van der Waals surface area (Å²) in [6, 6.07) is 9.68. The Morgan fingerprint density at radius 3 is 2.48 bits per heavy atom. The number of carbonyl (C=O) groups excluding carboxylic acids is 1. The topological polar surface area (TPSA) is 153 Å². The number of aliphatic hydroxyl groups excluding tert-OH is 3. The SMILES string of the molecule is CC(C)c1nc2c(c(-c3ccc(F)cc3)c1C=C[C@@H](O)C[C@@H](O)CC(=O)O)CCCc1nc(C(=O)NCCO)ccc1-2. The molecular formula is C32H36FN3O6. The summed E-state index contributed by atoms with van der Waals surface area (Å²) in [6.45, 7) is 3.95. The lowest BCUT2D eigenvalue weighted by molar-refractivity contribution is -0.139. The van der Waals surface area contributed by atoms with Crippen LogP contribution in [0.25, 0.3) is 28.5 Å². The lowest BCUT2D eigenvalue weighted by atomic mass is 9.86. The number of carboxylic acid groups (broad SMARTS) is 1. The molecule has 1 aliphatic rings. The summed E-state index contributed by atoms with van der Waals surface area (Å²) in [5.41, 5.74) is 6.57. The van der Waals surface area contributed by atoms with E-state index >= 15 is 0 Å². The molecule has 1 aromatic carbocycles. The van der Waals surface area contributed by atoms with Gasteiger partial charge in [-0.15, -0.1) is 0 Å². The number of nitrogens with one attached hydrogen (secondary N) is 1. The molecule has 3 aromatic rings. The van der Waals surface area contributed by atoms with E-state index < -0.39 is 24.6 Å². The van der Waals surface area contributed by atoms with Gasteiger partial charge in [0.05, 0.1) is 42.3 Å². The highest BCUT2D eigenvalue weighted by molar-refractivity contribution is 5.93. The fraction of sp³-hybridized carbons (Fsp3) is 0.375. The van der Waals surface area contributed by atoms with Crippen molar-refractivity contribution in [3.05, 3.63) is 76.5 Å². The van der Waals surface area contributed by atoms with Crippen molar-refractivity contribution in [2.45, 2.75) is 64.1 Å². The molecule has 1 amide bonds. The fourth-order valence-corrected chi connectivity index (χ4v) is 5.25. The number of hydrogen-bond acceptors (Lipinski definition) is 7. The number of carbonyl (C=O) groups is 2. The van der Waals surface area contributed by atoms with Gasteiger partial charge in [0.25, 0.3) is 5.91 Å². The Balaban J connectivity index is 1.88. The van der Waals surface area contributed by atoms with E-state index in [1.165, 1.54) is 18.2 Å². The lowest BCUT2D eigenvalue weighted by Gasteiger charge is -2.22. The molecule has 4 rings (SSSR count). The van der Waals surface area contributed by atoms with Crippen molar-refractivity contribution in [2.75, 3.05) is 13.2 Å². The normalized spacial score (nSPS) is 14.3. The van der Waals surface area contributed by atoms with Gasteiger partial charge < -0.3 is 25.7 Å². The smallest absolute Gasteiger partial charge is 0.305 e. The minimum atomic E-state index is -1.20. The van der Waals surface area contributed by atoms with Crippen LogP contribution in [0, 0.1) is 5.82 Å². The zero-order chi connectivity index (χ0) is 30.4. The molecule has 10 heteroatoms. The van der Waals surface area contributed by atoms with E-state index in [4.69, 9.17) is 15.2 Å². The van der Waals surface area contributed by atoms with Gasteiger partial charge >= 0.3 is 5.97 Å². The number of amides is 1. The first-order chi connectivity index (χ1) is 20.1. The maximum absolute atomic E-state index is 14.0. The molecule has 0 aliphatic heterocycles. The van der Waals surface area contributed by atoms with E-state index in [9.17, 15) is 24.2 Å². The van der Waals surface area contributed by atoms with Gasteiger partial charge in [0.1, 0.15) is 11.5 Å². The van der Waals surface area contributed by atoms with Crippen LogP contribution in [0.15, 0.2) is 42.5 Å². The molecule has 0 unspecified atom stereocenters. The van der Waals surface area contributed by atoms with Crippen molar-refractivity contribution in [3.63, 3.8) is 0 Å². The maximum Gasteiger partial charge on any atom is 0.305 e. The number of carboxylic acids is 1. The van der Waals surface area contributed by atoms with E-state index in [1.54, 1.807) is 24.3 Å². The first-order valence-corrected chi connectivity index (χ1v) is 14.1. The third-order valence-corrected chi connectivity index (χ3v) is 7.15. The Kier molecular flexibility index (Phi) is 10.2. The highest BCUT2D eigenvalue weighted by Gasteiger charge is 2.26. The first kappa shape index (κ1) is 31.0. The van der Waals surface area contributed by atoms with Gasteiger partial charge in [-0.2, -0.15) is 0 Å². The average Bonchev–Trinajstić information content (AvgIpc) is 3.12. The molecule has 0 saturated heterocycles. The summed E-state index contributed by atoms with van der Waals surface area (Å²) >= 11 is 0. The van der Waals surface area contributed by atoms with Crippen LogP contribution in [0.1, 0.15) is 72.0 Å². The number of fused-ring (bicyclic) bond motifs is 3. The minimum absolute atomic E-state index is 0.0490. The van der Waals surface area contributed by atoms with E-state index in [0.29, 0.717) is 12.8 Å². The second kappa shape index (κ2) is 13.8. The molecule has 2 atom stereocenters. The van der Waals surface area contributed by atoms with Crippen LogP contribution >= 0.6 is 0 Å². The largest absolute Gasteiger partial charge is 0.481 e. The fourth-order valence-electron chi connectivity index (χ4n) is 5.25. The molecule has 2 heterocycles. The van der Waals surface area contributed by atoms with Crippen LogP contribution in [0.3, 0.4) is 0 Å². The summed E-state index contributed by atoms with van der Waals surface area (Å²) in [4.78, 5) is 33.2. The first-order valence-electron chi connectivity index (χ1n) is 14.1. The molecule has 5 N–H and O–H groups in total. The van der Waals surface area contributed by atoms with E-state index in [0.717, 1.165) is 51.3 Å². The monoisotopic (exact) mass is 577 g/mol. The third kappa shape index (κ3) is 7.25. The van der Waals surface area contributed by atoms with Gasteiger partial charge in [0, 0.05) is 24.1 Å². The zero-order valence-electron chi connectivity index (χ0n) is 23.7. The molecular weight excluding hydrogens is 541 g/mol. The molecule has 1 aliphatic carbocycles. The van der Waals surface area contributed by atoms with Crippen molar-refractivity contribution in [2.24, 2.45) is 0 Å². The summed E-state index contributed by atoms with van der Waals surface area (Å²) in [5.74, 6) is -1.94. The van der Waals surface area contributed by atoms with Gasteiger partial charge in [-0.3, -0.25) is 14.6 Å². The van der Waals surface area contributed by atoms with Crippen molar-refractivity contribution in [1.29, 1.82) is 0 Å². The Labute approximate surface area is 243 Å². The number of aliphatic hydroxyl groups is 3. The number of halogens is 1. The number of nitrogens with zero attached hydrogens (tertiary/aromatic N) is 2. The number of hydrogen-bond donors (Lipinski definition) is 5. The van der Waals surface area contributed by atoms with Crippen molar-refractivity contribution in [3.8, 4) is 22.4 Å². The molecule has 222 valence electrons. The number of rotatable bonds is 11. The summed E-state index contributed by atoms with van der Waals surface area (Å²) < 4.78 is 14.0. The summed E-state index contributed by atoms with van der Waals surface area (Å²) in [6.07, 6.45) is 2.33. The molecule has 0 bridgehead atoms. The van der Waals surface area contributed by atoms with Crippen LogP contribution in [0.2, 0.25) is 0 Å². The van der Waals surface area contributed by atoms with Gasteiger partial charge in [-0.05, 0) is 66.1 Å². The van der Waals surface area contributed by atoms with Gasteiger partial charge in [-0.1, -0.05) is 38.1 Å². The van der Waals surface area contributed by atoms with Crippen molar-refractivity contribution >= 4 is 18.0 Å². The molecule has 0 radical (unpaired) electrons. The van der Waals surface area contributed by atoms with Crippen LogP contribution in [0.5, 0.6) is 0 Å². The molecule has 0 spiro atoms. The molecule has 2 aromatic heterocycles. The Morgan fingerprint density at radius 1 is 1.07 bits per heavy atom. The van der Waals surface area contributed by atoms with Crippen LogP contribution < -0.4 is 5.32 Å². The summed E-state index contributed by atoms with van der Waals surface area (Å²) in [5, 5.41) is 41.2. The summed E-state index contributed by atoms with van der Waals surface area (Å²) in [7, 11) is 0. The third-order valence-electron chi connectivity index (χ3n) is 7.15.